The van der Waals surface area contributed by atoms with Gasteiger partial charge < -0.3 is 14.7 Å². The molecule has 5 heteroatoms. The number of ether oxygens (including phenoxy) is 1. The van der Waals surface area contributed by atoms with Crippen LogP contribution in [0.1, 0.15) is 32.6 Å². The number of hydrogen-bond acceptors (Lipinski definition) is 4. The number of aliphatic hydroxyl groups is 1. The fourth-order valence-corrected chi connectivity index (χ4v) is 3.08. The van der Waals surface area contributed by atoms with E-state index in [9.17, 15) is 9.90 Å². The SMILES string of the molecule is CC1CN(C(=O)CN(C)C2CCCCC2O)CCO1. The van der Waals surface area contributed by atoms with Gasteiger partial charge in [-0.25, -0.2) is 0 Å². The summed E-state index contributed by atoms with van der Waals surface area (Å²) in [5.41, 5.74) is 0. The van der Waals surface area contributed by atoms with Gasteiger partial charge >= 0.3 is 0 Å². The topological polar surface area (TPSA) is 53.0 Å². The number of carbonyl (C=O) groups is 1. The Balaban J connectivity index is 1.83. The maximum absolute atomic E-state index is 12.3. The lowest BCUT2D eigenvalue weighted by atomic mass is 9.91. The summed E-state index contributed by atoms with van der Waals surface area (Å²) in [4.78, 5) is 16.1. The molecule has 2 aliphatic rings. The average Bonchev–Trinajstić information content (AvgIpc) is 2.39. The first-order valence-electron chi connectivity index (χ1n) is 7.35. The molecule has 1 aliphatic heterocycles. The van der Waals surface area contributed by atoms with Gasteiger partial charge in [0.15, 0.2) is 0 Å². The Morgan fingerprint density at radius 3 is 2.84 bits per heavy atom. The molecule has 1 heterocycles. The van der Waals surface area contributed by atoms with Gasteiger partial charge in [-0.15, -0.1) is 0 Å². The second-order valence-electron chi connectivity index (χ2n) is 5.86. The van der Waals surface area contributed by atoms with E-state index in [1.54, 1.807) is 0 Å². The van der Waals surface area contributed by atoms with E-state index in [2.05, 4.69) is 0 Å². The van der Waals surface area contributed by atoms with Crippen molar-refractivity contribution in [3.8, 4) is 0 Å². The van der Waals surface area contributed by atoms with E-state index in [1.807, 2.05) is 23.8 Å². The van der Waals surface area contributed by atoms with E-state index in [-0.39, 0.29) is 24.2 Å². The second kappa shape index (κ2) is 6.68. The zero-order chi connectivity index (χ0) is 13.8. The summed E-state index contributed by atoms with van der Waals surface area (Å²) >= 11 is 0. The highest BCUT2D eigenvalue weighted by Gasteiger charge is 2.29. The van der Waals surface area contributed by atoms with Gasteiger partial charge in [0.25, 0.3) is 0 Å². The molecular weight excluding hydrogens is 244 g/mol. The van der Waals surface area contributed by atoms with Gasteiger partial charge in [0.2, 0.25) is 5.91 Å². The molecule has 1 saturated heterocycles. The van der Waals surface area contributed by atoms with Crippen molar-refractivity contribution in [2.45, 2.75) is 50.9 Å². The zero-order valence-electron chi connectivity index (χ0n) is 12.0. The van der Waals surface area contributed by atoms with E-state index in [0.717, 1.165) is 25.7 Å². The monoisotopic (exact) mass is 270 g/mol. The first-order valence-corrected chi connectivity index (χ1v) is 7.35. The number of nitrogens with zero attached hydrogens (tertiary/aromatic N) is 2. The third kappa shape index (κ3) is 3.91. The van der Waals surface area contributed by atoms with Crippen LogP contribution in [0.4, 0.5) is 0 Å². The molecule has 110 valence electrons. The van der Waals surface area contributed by atoms with Crippen LogP contribution in [0.3, 0.4) is 0 Å². The molecule has 1 amide bonds. The number of aliphatic hydroxyl groups excluding tert-OH is 1. The molecule has 3 atom stereocenters. The molecular formula is C14H26N2O3. The number of rotatable bonds is 3. The molecule has 2 fully saturated rings. The number of amides is 1. The molecule has 2 rings (SSSR count). The smallest absolute Gasteiger partial charge is 0.236 e. The van der Waals surface area contributed by atoms with Gasteiger partial charge in [-0.05, 0) is 26.8 Å². The molecule has 0 aromatic heterocycles. The predicted molar refractivity (Wildman–Crippen MR) is 72.9 cm³/mol. The van der Waals surface area contributed by atoms with Crippen LogP contribution in [0.25, 0.3) is 0 Å². The quantitative estimate of drug-likeness (QED) is 0.810. The maximum atomic E-state index is 12.3. The first-order chi connectivity index (χ1) is 9.08. The Kier molecular flexibility index (Phi) is 5.19. The summed E-state index contributed by atoms with van der Waals surface area (Å²) in [7, 11) is 1.95. The molecule has 0 aromatic carbocycles. The minimum Gasteiger partial charge on any atom is -0.391 e. The van der Waals surface area contributed by atoms with Crippen molar-refractivity contribution < 1.29 is 14.6 Å². The lowest BCUT2D eigenvalue weighted by Crippen LogP contribution is -2.51. The number of likely N-dealkylation sites (N-methyl/N-ethyl adjacent to an activating group) is 1. The van der Waals surface area contributed by atoms with E-state index < -0.39 is 0 Å². The molecule has 5 nitrogen and oxygen atoms in total. The molecule has 1 aliphatic carbocycles. The predicted octanol–water partition coefficient (Wildman–Crippen LogP) is 0.469. The van der Waals surface area contributed by atoms with Crippen LogP contribution in [0.15, 0.2) is 0 Å². The highest BCUT2D eigenvalue weighted by atomic mass is 16.5. The Morgan fingerprint density at radius 2 is 2.16 bits per heavy atom. The van der Waals surface area contributed by atoms with Crippen molar-refractivity contribution in [1.29, 1.82) is 0 Å². The summed E-state index contributed by atoms with van der Waals surface area (Å²) in [5, 5.41) is 10.0. The Bertz CT molecular complexity index is 311. The summed E-state index contributed by atoms with van der Waals surface area (Å²) in [5.74, 6) is 0.149. The third-order valence-electron chi connectivity index (χ3n) is 4.24. The fourth-order valence-electron chi connectivity index (χ4n) is 3.08. The summed E-state index contributed by atoms with van der Waals surface area (Å²) in [6, 6.07) is 0.135. The fraction of sp³-hybridized carbons (Fsp3) is 0.929. The number of hydrogen-bond donors (Lipinski definition) is 1. The molecule has 0 spiro atoms. The lowest BCUT2D eigenvalue weighted by molar-refractivity contribution is -0.140. The summed E-state index contributed by atoms with van der Waals surface area (Å²) < 4.78 is 5.45. The van der Waals surface area contributed by atoms with E-state index in [4.69, 9.17) is 4.74 Å². The Labute approximate surface area is 115 Å². The second-order valence-corrected chi connectivity index (χ2v) is 5.86. The van der Waals surface area contributed by atoms with Crippen molar-refractivity contribution in [2.24, 2.45) is 0 Å². The van der Waals surface area contributed by atoms with E-state index >= 15 is 0 Å². The molecule has 19 heavy (non-hydrogen) atoms. The van der Waals surface area contributed by atoms with Crippen LogP contribution in [0.2, 0.25) is 0 Å². The van der Waals surface area contributed by atoms with Gasteiger partial charge in [-0.1, -0.05) is 12.8 Å². The van der Waals surface area contributed by atoms with Crippen molar-refractivity contribution in [2.75, 3.05) is 33.3 Å². The molecule has 0 bridgehead atoms. The van der Waals surface area contributed by atoms with Crippen LogP contribution in [0, 0.1) is 0 Å². The Hall–Kier alpha value is -0.650. The third-order valence-corrected chi connectivity index (χ3v) is 4.24. The maximum Gasteiger partial charge on any atom is 0.236 e. The highest BCUT2D eigenvalue weighted by Crippen LogP contribution is 2.22. The number of carbonyl (C=O) groups excluding carboxylic acids is 1. The van der Waals surface area contributed by atoms with Gasteiger partial charge in [0.05, 0.1) is 25.4 Å². The normalized spacial score (nSPS) is 32.6. The van der Waals surface area contributed by atoms with Crippen LogP contribution >= 0.6 is 0 Å². The highest BCUT2D eigenvalue weighted by molar-refractivity contribution is 5.78. The average molecular weight is 270 g/mol. The zero-order valence-corrected chi connectivity index (χ0v) is 12.0. The van der Waals surface area contributed by atoms with Crippen LogP contribution in [0.5, 0.6) is 0 Å². The van der Waals surface area contributed by atoms with Crippen molar-refractivity contribution in [3.63, 3.8) is 0 Å². The van der Waals surface area contributed by atoms with Crippen molar-refractivity contribution in [3.05, 3.63) is 0 Å². The molecule has 1 saturated carbocycles. The minimum atomic E-state index is -0.282. The molecule has 1 N–H and O–H groups in total. The van der Waals surface area contributed by atoms with E-state index in [0.29, 0.717) is 26.2 Å². The van der Waals surface area contributed by atoms with Crippen molar-refractivity contribution in [1.82, 2.24) is 9.80 Å². The van der Waals surface area contributed by atoms with Crippen LogP contribution < -0.4 is 0 Å². The van der Waals surface area contributed by atoms with E-state index in [1.165, 1.54) is 0 Å². The number of morpholine rings is 1. The largest absolute Gasteiger partial charge is 0.391 e. The van der Waals surface area contributed by atoms with Gasteiger partial charge in [0.1, 0.15) is 0 Å². The first kappa shape index (κ1) is 14.8. The molecule has 3 unspecified atom stereocenters. The van der Waals surface area contributed by atoms with Crippen LogP contribution in [-0.2, 0) is 9.53 Å². The Morgan fingerprint density at radius 1 is 1.42 bits per heavy atom. The van der Waals surface area contributed by atoms with Crippen molar-refractivity contribution >= 4 is 5.91 Å². The van der Waals surface area contributed by atoms with Crippen LogP contribution in [-0.4, -0.2) is 72.4 Å². The molecule has 0 radical (unpaired) electrons. The lowest BCUT2D eigenvalue weighted by Gasteiger charge is -2.37. The summed E-state index contributed by atoms with van der Waals surface area (Å²) in [6.07, 6.45) is 3.94. The van der Waals surface area contributed by atoms with Gasteiger partial charge in [0, 0.05) is 19.1 Å². The standard InChI is InChI=1S/C14H26N2O3/c1-11-9-16(7-8-19-11)14(18)10-15(2)12-5-3-4-6-13(12)17/h11-13,17H,3-10H2,1-2H3. The van der Waals surface area contributed by atoms with Gasteiger partial charge in [-0.2, -0.15) is 0 Å². The molecule has 0 aromatic rings. The minimum absolute atomic E-state index is 0.128. The summed E-state index contributed by atoms with van der Waals surface area (Å²) in [6.45, 7) is 4.38. The van der Waals surface area contributed by atoms with Gasteiger partial charge in [-0.3, -0.25) is 9.69 Å².